The summed E-state index contributed by atoms with van der Waals surface area (Å²) >= 11 is 0. The number of hydrogen-bond donors (Lipinski definition) is 3. The summed E-state index contributed by atoms with van der Waals surface area (Å²) in [6.45, 7) is 1.68. The van der Waals surface area contributed by atoms with Crippen LogP contribution in [0.25, 0.3) is 11.1 Å². The van der Waals surface area contributed by atoms with Gasteiger partial charge in [-0.2, -0.15) is 13.2 Å². The first-order valence-electron chi connectivity index (χ1n) is 8.27. The van der Waals surface area contributed by atoms with Crippen LogP contribution in [0.5, 0.6) is 11.5 Å². The second kappa shape index (κ2) is 7.26. The van der Waals surface area contributed by atoms with Gasteiger partial charge in [0.1, 0.15) is 11.5 Å². The molecule has 0 aliphatic carbocycles. The van der Waals surface area contributed by atoms with E-state index in [1.165, 1.54) is 36.4 Å². The third-order valence-corrected chi connectivity index (χ3v) is 4.24. The first kappa shape index (κ1) is 19.3. The predicted molar refractivity (Wildman–Crippen MR) is 99.3 cm³/mol. The average Bonchev–Trinajstić information content (AvgIpc) is 2.64. The topological polar surface area (TPSA) is 69.6 Å². The van der Waals surface area contributed by atoms with Crippen LogP contribution in [-0.2, 0) is 6.18 Å². The highest BCUT2D eigenvalue weighted by Gasteiger charge is 2.30. The molecule has 3 rings (SSSR count). The van der Waals surface area contributed by atoms with Crippen LogP contribution in [0.2, 0.25) is 0 Å². The summed E-state index contributed by atoms with van der Waals surface area (Å²) < 4.78 is 38.0. The van der Waals surface area contributed by atoms with Gasteiger partial charge in [-0.3, -0.25) is 4.79 Å². The maximum Gasteiger partial charge on any atom is 0.416 e. The largest absolute Gasteiger partial charge is 0.508 e. The van der Waals surface area contributed by atoms with Crippen molar-refractivity contribution in [1.82, 2.24) is 0 Å². The molecule has 3 aromatic rings. The van der Waals surface area contributed by atoms with Crippen LogP contribution in [0.1, 0.15) is 21.5 Å². The number of halogens is 3. The molecule has 0 bridgehead atoms. The lowest BCUT2D eigenvalue weighted by Gasteiger charge is -2.11. The summed E-state index contributed by atoms with van der Waals surface area (Å²) in [6.07, 6.45) is -4.42. The minimum Gasteiger partial charge on any atom is -0.508 e. The Hall–Kier alpha value is -3.48. The van der Waals surface area contributed by atoms with Crippen LogP contribution in [0.4, 0.5) is 18.9 Å². The van der Waals surface area contributed by atoms with E-state index in [1.54, 1.807) is 19.1 Å². The van der Waals surface area contributed by atoms with Gasteiger partial charge in [-0.15, -0.1) is 0 Å². The molecule has 0 spiro atoms. The van der Waals surface area contributed by atoms with Crippen LogP contribution in [-0.4, -0.2) is 16.1 Å². The van der Waals surface area contributed by atoms with Gasteiger partial charge in [-0.25, -0.2) is 0 Å². The quantitative estimate of drug-likeness (QED) is 0.531. The van der Waals surface area contributed by atoms with Gasteiger partial charge in [0.25, 0.3) is 5.91 Å². The Morgan fingerprint density at radius 3 is 2.07 bits per heavy atom. The Labute approximate surface area is 158 Å². The highest BCUT2D eigenvalue weighted by atomic mass is 19.4. The molecule has 0 fully saturated rings. The minimum absolute atomic E-state index is 0.0152. The number of phenols is 2. The number of carbonyl (C=O) groups is 1. The van der Waals surface area contributed by atoms with E-state index in [0.717, 1.165) is 12.1 Å². The summed E-state index contributed by atoms with van der Waals surface area (Å²) in [4.78, 5) is 12.4. The summed E-state index contributed by atoms with van der Waals surface area (Å²) in [5.74, 6) is -0.756. The van der Waals surface area contributed by atoms with E-state index in [4.69, 9.17) is 0 Å². The number of amides is 1. The Bertz CT molecular complexity index is 1030. The summed E-state index contributed by atoms with van der Waals surface area (Å²) in [7, 11) is 0. The Kier molecular flexibility index (Phi) is 5.00. The van der Waals surface area contributed by atoms with Crippen molar-refractivity contribution in [3.05, 3.63) is 77.4 Å². The molecule has 0 unspecified atom stereocenters. The van der Waals surface area contributed by atoms with Crippen LogP contribution in [0.15, 0.2) is 60.7 Å². The number of phenolic OH excluding ortho intramolecular Hbond substituents is 2. The number of carbonyl (C=O) groups excluding carboxylic acids is 1. The fraction of sp³-hybridized carbons (Fsp3) is 0.0952. The van der Waals surface area contributed by atoms with Crippen LogP contribution in [0.3, 0.4) is 0 Å². The normalized spacial score (nSPS) is 11.3. The van der Waals surface area contributed by atoms with Crippen molar-refractivity contribution in [1.29, 1.82) is 0 Å². The van der Waals surface area contributed by atoms with Crippen molar-refractivity contribution in [2.45, 2.75) is 13.1 Å². The lowest BCUT2D eigenvalue weighted by molar-refractivity contribution is -0.137. The number of alkyl halides is 3. The van der Waals surface area contributed by atoms with Gasteiger partial charge in [0.15, 0.2) is 0 Å². The lowest BCUT2D eigenvalue weighted by atomic mass is 10.0. The van der Waals surface area contributed by atoms with Gasteiger partial charge < -0.3 is 15.5 Å². The molecule has 0 atom stereocenters. The molecule has 4 nitrogen and oxygen atoms in total. The van der Waals surface area contributed by atoms with Gasteiger partial charge >= 0.3 is 6.18 Å². The highest BCUT2D eigenvalue weighted by Crippen LogP contribution is 2.32. The molecular formula is C21H16F3NO3. The minimum atomic E-state index is -4.42. The molecule has 7 heteroatoms. The molecule has 0 saturated carbocycles. The zero-order chi connectivity index (χ0) is 20.5. The first-order chi connectivity index (χ1) is 13.1. The zero-order valence-electron chi connectivity index (χ0n) is 14.7. The smallest absolute Gasteiger partial charge is 0.416 e. The number of benzene rings is 3. The van der Waals surface area contributed by atoms with Crippen molar-refractivity contribution >= 4 is 11.6 Å². The van der Waals surface area contributed by atoms with Crippen molar-refractivity contribution in [3.63, 3.8) is 0 Å². The molecule has 1 amide bonds. The van der Waals surface area contributed by atoms with Crippen molar-refractivity contribution in [3.8, 4) is 22.6 Å². The van der Waals surface area contributed by atoms with Gasteiger partial charge in [0.05, 0.1) is 11.1 Å². The summed E-state index contributed by atoms with van der Waals surface area (Å²) in [5.41, 5.74) is 1.24. The monoisotopic (exact) mass is 387 g/mol. The maximum atomic E-state index is 12.7. The predicted octanol–water partition coefficient (Wildman–Crippen LogP) is 5.34. The molecule has 3 aromatic carbocycles. The average molecular weight is 387 g/mol. The molecule has 0 heterocycles. The molecule has 144 valence electrons. The third-order valence-electron chi connectivity index (χ3n) is 4.24. The van der Waals surface area contributed by atoms with Gasteiger partial charge in [0, 0.05) is 5.69 Å². The molecule has 0 saturated heterocycles. The van der Waals surface area contributed by atoms with Crippen molar-refractivity contribution < 1.29 is 28.2 Å². The number of hydrogen-bond acceptors (Lipinski definition) is 3. The van der Waals surface area contributed by atoms with Crippen molar-refractivity contribution in [2.24, 2.45) is 0 Å². The van der Waals surface area contributed by atoms with E-state index in [9.17, 15) is 28.2 Å². The second-order valence-electron chi connectivity index (χ2n) is 6.26. The Balaban J connectivity index is 1.81. The lowest BCUT2D eigenvalue weighted by Crippen LogP contribution is -2.12. The molecule has 0 aliphatic heterocycles. The Morgan fingerprint density at radius 1 is 0.857 bits per heavy atom. The van der Waals surface area contributed by atoms with E-state index < -0.39 is 17.6 Å². The number of nitrogens with one attached hydrogen (secondary N) is 1. The summed E-state index contributed by atoms with van der Waals surface area (Å²) in [6, 6.07) is 13.3. The SMILES string of the molecule is Cc1cc(NC(=O)c2ccc(-c3ccc(C(F)(F)F)cc3)cc2O)ccc1O. The highest BCUT2D eigenvalue weighted by molar-refractivity contribution is 6.06. The Morgan fingerprint density at radius 2 is 1.50 bits per heavy atom. The molecule has 28 heavy (non-hydrogen) atoms. The number of anilines is 1. The van der Waals surface area contributed by atoms with Crippen LogP contribution >= 0.6 is 0 Å². The molecule has 3 N–H and O–H groups in total. The molecule has 0 aliphatic rings. The van der Waals surface area contributed by atoms with Gasteiger partial charge in [-0.05, 0) is 66.1 Å². The fourth-order valence-corrected chi connectivity index (χ4v) is 2.69. The van der Waals surface area contributed by atoms with E-state index in [2.05, 4.69) is 5.32 Å². The van der Waals surface area contributed by atoms with Crippen LogP contribution < -0.4 is 5.32 Å². The van der Waals surface area contributed by atoms with Gasteiger partial charge in [0.2, 0.25) is 0 Å². The van der Waals surface area contributed by atoms with E-state index >= 15 is 0 Å². The molecule has 0 aromatic heterocycles. The fourth-order valence-electron chi connectivity index (χ4n) is 2.69. The number of aromatic hydroxyl groups is 2. The van der Waals surface area contributed by atoms with E-state index in [-0.39, 0.29) is 17.1 Å². The molecule has 0 radical (unpaired) electrons. The van der Waals surface area contributed by atoms with Crippen LogP contribution in [0, 0.1) is 6.92 Å². The zero-order valence-corrected chi connectivity index (χ0v) is 14.7. The number of aryl methyl sites for hydroxylation is 1. The standard InChI is InChI=1S/C21H16F3NO3/c1-12-10-16(7-9-18(12)26)25-20(28)17-8-4-14(11-19(17)27)13-2-5-15(6-3-13)21(22,23)24/h2-11,26-27H,1H3,(H,25,28). The third kappa shape index (κ3) is 4.09. The second-order valence-corrected chi connectivity index (χ2v) is 6.26. The first-order valence-corrected chi connectivity index (χ1v) is 8.27. The number of rotatable bonds is 3. The van der Waals surface area contributed by atoms with E-state index in [1.807, 2.05) is 0 Å². The van der Waals surface area contributed by atoms with E-state index in [0.29, 0.717) is 22.4 Å². The summed E-state index contributed by atoms with van der Waals surface area (Å²) in [5, 5.41) is 22.3. The maximum absolute atomic E-state index is 12.7. The van der Waals surface area contributed by atoms with Gasteiger partial charge in [-0.1, -0.05) is 18.2 Å². The van der Waals surface area contributed by atoms with Crippen molar-refractivity contribution in [2.75, 3.05) is 5.32 Å². The molecular weight excluding hydrogens is 371 g/mol.